The van der Waals surface area contributed by atoms with Crippen molar-refractivity contribution in [3.8, 4) is 11.3 Å². The standard InChI is InChI=1S/C34H27N5O.Au/c1-36-16-14-24-26(20-37(2)34(24)36)22-9-8-10-23(17-22)39-30-13-5-4-12-29(30)38(3)31-19-33-25(18-32(31)39)27(21-40-33)28-11-6-7-15-35-28;/h4-16,19-21,24,34H,1-3H3;/q-2;+3. The van der Waals surface area contributed by atoms with Gasteiger partial charge in [0.05, 0.1) is 11.4 Å². The second-order valence-electron chi connectivity index (χ2n) is 10.6. The van der Waals surface area contributed by atoms with E-state index in [4.69, 9.17) is 4.42 Å². The Kier molecular flexibility index (Phi) is 6.08. The topological polar surface area (TPSA) is 38.8 Å². The van der Waals surface area contributed by atoms with Gasteiger partial charge in [0.15, 0.2) is 6.17 Å². The molecule has 3 aliphatic heterocycles. The molecule has 2 aromatic heterocycles. The van der Waals surface area contributed by atoms with Gasteiger partial charge in [-0.25, -0.2) is 0 Å². The van der Waals surface area contributed by atoms with Crippen molar-refractivity contribution in [3.05, 3.63) is 110 Å². The number of benzene rings is 3. The third-order valence-electron chi connectivity index (χ3n) is 8.30. The van der Waals surface area contributed by atoms with Gasteiger partial charge in [-0.15, -0.1) is 41.5 Å². The van der Waals surface area contributed by atoms with Crippen LogP contribution in [0.15, 0.2) is 89.8 Å². The van der Waals surface area contributed by atoms with Gasteiger partial charge in [-0.2, -0.15) is 0 Å². The maximum absolute atomic E-state index is 6.05. The van der Waals surface area contributed by atoms with Crippen LogP contribution in [0.3, 0.4) is 0 Å². The first kappa shape index (κ1) is 25.7. The van der Waals surface area contributed by atoms with E-state index in [9.17, 15) is 0 Å². The Morgan fingerprint density at radius 1 is 0.951 bits per heavy atom. The van der Waals surface area contributed by atoms with Gasteiger partial charge in [0, 0.05) is 44.0 Å². The van der Waals surface area contributed by atoms with Gasteiger partial charge >= 0.3 is 22.4 Å². The third-order valence-corrected chi connectivity index (χ3v) is 8.30. The quantitative estimate of drug-likeness (QED) is 0.117. The van der Waals surface area contributed by atoms with E-state index in [-0.39, 0.29) is 22.4 Å². The molecule has 0 aliphatic carbocycles. The number of para-hydroxylation sites is 2. The first-order valence-electron chi connectivity index (χ1n) is 13.5. The van der Waals surface area contributed by atoms with Crippen molar-refractivity contribution in [1.29, 1.82) is 0 Å². The number of hydrogen-bond donors (Lipinski definition) is 0. The molecule has 0 saturated heterocycles. The van der Waals surface area contributed by atoms with E-state index >= 15 is 0 Å². The van der Waals surface area contributed by atoms with E-state index in [1.807, 2.05) is 18.2 Å². The van der Waals surface area contributed by atoms with Gasteiger partial charge in [-0.1, -0.05) is 35.6 Å². The number of furan rings is 1. The predicted octanol–water partition coefficient (Wildman–Crippen LogP) is 6.80. The molecule has 3 aliphatic rings. The minimum Gasteiger partial charge on any atom is -0.518 e. The number of anilines is 5. The molecule has 0 saturated carbocycles. The second-order valence-corrected chi connectivity index (χ2v) is 10.6. The average Bonchev–Trinajstić information content (AvgIpc) is 3.68. The van der Waals surface area contributed by atoms with Crippen molar-refractivity contribution in [2.24, 2.45) is 5.92 Å². The normalized spacial score (nSPS) is 18.8. The maximum Gasteiger partial charge on any atom is 3.00 e. The van der Waals surface area contributed by atoms with Crippen molar-refractivity contribution in [2.75, 3.05) is 30.9 Å². The number of pyridine rings is 1. The van der Waals surface area contributed by atoms with Crippen LogP contribution in [0.4, 0.5) is 28.4 Å². The minimum atomic E-state index is 0. The van der Waals surface area contributed by atoms with E-state index < -0.39 is 0 Å². The van der Waals surface area contributed by atoms with Crippen LogP contribution in [-0.2, 0) is 22.4 Å². The molecular formula is C34H27AuN5O+. The van der Waals surface area contributed by atoms with Crippen LogP contribution < -0.4 is 9.80 Å². The number of rotatable bonds is 3. The molecule has 5 aromatic rings. The van der Waals surface area contributed by atoms with Crippen molar-refractivity contribution in [1.82, 2.24) is 9.88 Å². The van der Waals surface area contributed by atoms with Crippen molar-refractivity contribution in [2.45, 2.75) is 6.17 Å². The number of fused-ring (bicyclic) bond motifs is 4. The van der Waals surface area contributed by atoms with Gasteiger partial charge < -0.3 is 19.1 Å². The number of hydrogen-bond acceptors (Lipinski definition) is 5. The number of nitrogens with zero attached hydrogens (tertiary/aromatic N) is 5. The Morgan fingerprint density at radius 3 is 2.61 bits per heavy atom. The molecule has 0 N–H and O–H groups in total. The zero-order valence-corrected chi connectivity index (χ0v) is 25.0. The molecular weight excluding hydrogens is 691 g/mol. The summed E-state index contributed by atoms with van der Waals surface area (Å²) in [6.07, 6.45) is 10.6. The van der Waals surface area contributed by atoms with Crippen molar-refractivity contribution in [3.63, 3.8) is 0 Å². The molecule has 2 unspecified atom stereocenters. The summed E-state index contributed by atoms with van der Waals surface area (Å²) in [7, 11) is 6.38. The van der Waals surface area contributed by atoms with Crippen LogP contribution in [-0.4, -0.2) is 48.0 Å². The van der Waals surface area contributed by atoms with Gasteiger partial charge in [0.1, 0.15) is 7.05 Å². The number of aromatic nitrogens is 1. The second kappa shape index (κ2) is 9.70. The van der Waals surface area contributed by atoms with E-state index in [0.29, 0.717) is 12.1 Å². The summed E-state index contributed by atoms with van der Waals surface area (Å²) in [6, 6.07) is 30.5. The predicted molar refractivity (Wildman–Crippen MR) is 159 cm³/mol. The Labute approximate surface area is 255 Å². The molecule has 0 fully saturated rings. The Balaban J connectivity index is 0.00000276. The summed E-state index contributed by atoms with van der Waals surface area (Å²) in [5.74, 6) is 0.312. The summed E-state index contributed by atoms with van der Waals surface area (Å²) in [5.41, 5.74) is 10.1. The Hall–Kier alpha value is -4.23. The maximum atomic E-state index is 6.05. The fraction of sp³-hybridized carbons (Fsp3) is 0.147. The summed E-state index contributed by atoms with van der Waals surface area (Å²) in [4.78, 5) is 11.4. The van der Waals surface area contributed by atoms with E-state index in [1.165, 1.54) is 5.57 Å². The van der Waals surface area contributed by atoms with Crippen LogP contribution in [0, 0.1) is 24.5 Å². The summed E-state index contributed by atoms with van der Waals surface area (Å²) < 4.78 is 8.32. The smallest absolute Gasteiger partial charge is 0.518 e. The fourth-order valence-electron chi connectivity index (χ4n) is 6.42. The molecule has 8 rings (SSSR count). The molecule has 6 nitrogen and oxygen atoms in total. The summed E-state index contributed by atoms with van der Waals surface area (Å²) in [5, 5.41) is 0.911. The van der Waals surface area contributed by atoms with Crippen LogP contribution in [0.1, 0.15) is 5.56 Å². The zero-order valence-electron chi connectivity index (χ0n) is 22.8. The Bertz CT molecular complexity index is 1860. The molecule has 204 valence electrons. The van der Waals surface area contributed by atoms with E-state index in [2.05, 4.69) is 125 Å². The minimum absolute atomic E-state index is 0. The molecule has 5 heterocycles. The Morgan fingerprint density at radius 2 is 1.78 bits per heavy atom. The third kappa shape index (κ3) is 3.86. The largest absolute Gasteiger partial charge is 3.00 e. The summed E-state index contributed by atoms with van der Waals surface area (Å²) in [6.45, 7) is 0. The zero-order chi connectivity index (χ0) is 27.0. The van der Waals surface area contributed by atoms with Gasteiger partial charge in [0.2, 0.25) is 0 Å². The summed E-state index contributed by atoms with van der Waals surface area (Å²) >= 11 is 0. The SMILES string of the molecule is CN1c2cc3occ(-c4ccccn4)c3[c-]c2N(c2[c-]c(C3=CN(C)C4C3[CH-]C=[N+]4C)ccc2)c2ccccc21.[Au+3]. The molecule has 0 amide bonds. The van der Waals surface area contributed by atoms with Crippen LogP contribution in [0.25, 0.3) is 27.8 Å². The molecule has 2 atom stereocenters. The van der Waals surface area contributed by atoms with Crippen molar-refractivity contribution < 1.29 is 31.4 Å². The first-order valence-corrected chi connectivity index (χ1v) is 13.5. The average molecular weight is 719 g/mol. The van der Waals surface area contributed by atoms with Gasteiger partial charge in [-0.05, 0) is 53.1 Å². The van der Waals surface area contributed by atoms with E-state index in [1.54, 1.807) is 12.5 Å². The molecule has 3 aromatic carbocycles. The monoisotopic (exact) mass is 718 g/mol. The first-order chi connectivity index (χ1) is 19.6. The van der Waals surface area contributed by atoms with Gasteiger partial charge in [0.25, 0.3) is 0 Å². The van der Waals surface area contributed by atoms with Gasteiger partial charge in [-0.3, -0.25) is 16.0 Å². The van der Waals surface area contributed by atoms with Crippen LogP contribution >= 0.6 is 0 Å². The molecule has 0 spiro atoms. The van der Waals surface area contributed by atoms with E-state index in [0.717, 1.165) is 56.2 Å². The molecule has 0 radical (unpaired) electrons. The van der Waals surface area contributed by atoms with Crippen molar-refractivity contribution >= 4 is 51.2 Å². The molecule has 41 heavy (non-hydrogen) atoms. The fourth-order valence-corrected chi connectivity index (χ4v) is 6.42. The van der Waals surface area contributed by atoms with Crippen LogP contribution in [0.2, 0.25) is 0 Å². The molecule has 0 bridgehead atoms. The van der Waals surface area contributed by atoms with Crippen LogP contribution in [0.5, 0.6) is 0 Å². The molecule has 7 heteroatoms.